The van der Waals surface area contributed by atoms with E-state index in [2.05, 4.69) is 18.1 Å². The maximum Gasteiger partial charge on any atom is 0.218 e. The number of carbonyl (C=O) groups is 1. The van der Waals surface area contributed by atoms with Gasteiger partial charge < -0.3 is 10.6 Å². The molecule has 0 rings (SSSR count). The van der Waals surface area contributed by atoms with Gasteiger partial charge in [0.25, 0.3) is 0 Å². The molecular formula is C9H20N2OS. The van der Waals surface area contributed by atoms with Gasteiger partial charge in [0.15, 0.2) is 0 Å². The summed E-state index contributed by atoms with van der Waals surface area (Å²) < 4.78 is 0. The van der Waals surface area contributed by atoms with Crippen molar-refractivity contribution in [2.45, 2.75) is 25.8 Å². The maximum atomic E-state index is 10.5. The normalized spacial score (nSPS) is 13.2. The van der Waals surface area contributed by atoms with Crippen LogP contribution < -0.4 is 5.73 Å². The number of thioether (sulfide) groups is 1. The van der Waals surface area contributed by atoms with E-state index in [1.54, 1.807) is 0 Å². The van der Waals surface area contributed by atoms with Crippen LogP contribution in [0.2, 0.25) is 0 Å². The molecule has 13 heavy (non-hydrogen) atoms. The van der Waals surface area contributed by atoms with Crippen molar-refractivity contribution in [3.8, 4) is 0 Å². The molecule has 0 saturated carbocycles. The summed E-state index contributed by atoms with van der Waals surface area (Å²) in [6.07, 6.45) is 3.73. The average Bonchev–Trinajstić information content (AvgIpc) is 2.10. The summed E-state index contributed by atoms with van der Waals surface area (Å²) in [4.78, 5) is 12.7. The molecular weight excluding hydrogens is 184 g/mol. The molecule has 0 saturated heterocycles. The standard InChI is InChI=1S/C9H20N2OS/c1-8(5-7-13-3)11(2)6-4-9(10)12/h8H,4-7H2,1-3H3,(H2,10,12). The second-order valence-corrected chi connectivity index (χ2v) is 4.31. The van der Waals surface area contributed by atoms with Crippen molar-refractivity contribution < 1.29 is 4.79 Å². The van der Waals surface area contributed by atoms with Crippen LogP contribution in [0.5, 0.6) is 0 Å². The fraction of sp³-hybridized carbons (Fsp3) is 0.889. The second-order valence-electron chi connectivity index (χ2n) is 3.33. The molecule has 0 aliphatic rings. The summed E-state index contributed by atoms with van der Waals surface area (Å²) in [5, 5.41) is 0. The Labute approximate surface area is 85.0 Å². The van der Waals surface area contributed by atoms with Crippen molar-refractivity contribution in [1.82, 2.24) is 4.90 Å². The van der Waals surface area contributed by atoms with Gasteiger partial charge in [0.1, 0.15) is 0 Å². The first-order valence-corrected chi connectivity index (χ1v) is 5.94. The Bertz CT molecular complexity index is 153. The van der Waals surface area contributed by atoms with E-state index in [0.29, 0.717) is 12.5 Å². The summed E-state index contributed by atoms with van der Waals surface area (Å²) >= 11 is 1.85. The fourth-order valence-electron chi connectivity index (χ4n) is 1.02. The molecule has 0 radical (unpaired) electrons. The molecule has 0 bridgehead atoms. The number of nitrogens with zero attached hydrogens (tertiary/aromatic N) is 1. The summed E-state index contributed by atoms with van der Waals surface area (Å²) in [6, 6.07) is 0.534. The van der Waals surface area contributed by atoms with E-state index in [1.165, 1.54) is 5.75 Å². The molecule has 0 aliphatic heterocycles. The Morgan fingerprint density at radius 3 is 2.69 bits per heavy atom. The SMILES string of the molecule is CSCCC(C)N(C)CCC(N)=O. The zero-order valence-electron chi connectivity index (χ0n) is 8.75. The van der Waals surface area contributed by atoms with Gasteiger partial charge in [-0.05, 0) is 32.4 Å². The van der Waals surface area contributed by atoms with Crippen LogP contribution in [0, 0.1) is 0 Å². The average molecular weight is 204 g/mol. The van der Waals surface area contributed by atoms with E-state index in [1.807, 2.05) is 18.8 Å². The molecule has 3 nitrogen and oxygen atoms in total. The Kier molecular flexibility index (Phi) is 7.09. The van der Waals surface area contributed by atoms with Crippen molar-refractivity contribution >= 4 is 17.7 Å². The topological polar surface area (TPSA) is 46.3 Å². The van der Waals surface area contributed by atoms with E-state index in [9.17, 15) is 4.79 Å². The summed E-state index contributed by atoms with van der Waals surface area (Å²) in [5.41, 5.74) is 5.07. The lowest BCUT2D eigenvalue weighted by Crippen LogP contribution is -2.32. The van der Waals surface area contributed by atoms with Crippen molar-refractivity contribution in [2.24, 2.45) is 5.73 Å². The van der Waals surface area contributed by atoms with E-state index < -0.39 is 0 Å². The fourth-order valence-corrected chi connectivity index (χ4v) is 1.59. The number of carbonyl (C=O) groups excluding carboxylic acids is 1. The number of hydrogen-bond acceptors (Lipinski definition) is 3. The Hall–Kier alpha value is -0.220. The van der Waals surface area contributed by atoms with Gasteiger partial charge in [-0.1, -0.05) is 0 Å². The molecule has 0 aromatic heterocycles. The van der Waals surface area contributed by atoms with Gasteiger partial charge in [-0.2, -0.15) is 11.8 Å². The number of primary amides is 1. The third-order valence-electron chi connectivity index (χ3n) is 2.20. The van der Waals surface area contributed by atoms with Crippen molar-refractivity contribution in [3.05, 3.63) is 0 Å². The van der Waals surface area contributed by atoms with Crippen molar-refractivity contribution in [2.75, 3.05) is 25.6 Å². The van der Waals surface area contributed by atoms with Gasteiger partial charge >= 0.3 is 0 Å². The molecule has 1 amide bonds. The zero-order valence-corrected chi connectivity index (χ0v) is 9.56. The van der Waals surface area contributed by atoms with E-state index in [-0.39, 0.29) is 5.91 Å². The van der Waals surface area contributed by atoms with Crippen LogP contribution in [0.1, 0.15) is 19.8 Å². The Morgan fingerprint density at radius 1 is 1.62 bits per heavy atom. The monoisotopic (exact) mass is 204 g/mol. The first-order valence-electron chi connectivity index (χ1n) is 4.55. The Balaban J connectivity index is 3.56. The molecule has 78 valence electrons. The Morgan fingerprint density at radius 2 is 2.23 bits per heavy atom. The molecule has 0 spiro atoms. The highest BCUT2D eigenvalue weighted by molar-refractivity contribution is 7.98. The number of amides is 1. The van der Waals surface area contributed by atoms with Crippen LogP contribution in [-0.2, 0) is 4.79 Å². The summed E-state index contributed by atoms with van der Waals surface area (Å²) in [5.74, 6) is 0.950. The van der Waals surface area contributed by atoms with Crippen LogP contribution in [0.4, 0.5) is 0 Å². The smallest absolute Gasteiger partial charge is 0.218 e. The van der Waals surface area contributed by atoms with Crippen LogP contribution in [0.25, 0.3) is 0 Å². The second kappa shape index (κ2) is 7.21. The molecule has 0 aromatic carbocycles. The van der Waals surface area contributed by atoms with Crippen molar-refractivity contribution in [1.29, 1.82) is 0 Å². The van der Waals surface area contributed by atoms with Gasteiger partial charge in [0.05, 0.1) is 0 Å². The zero-order chi connectivity index (χ0) is 10.3. The van der Waals surface area contributed by atoms with E-state index >= 15 is 0 Å². The summed E-state index contributed by atoms with van der Waals surface area (Å²) in [6.45, 7) is 2.95. The molecule has 1 atom stereocenters. The van der Waals surface area contributed by atoms with Gasteiger partial charge in [-0.15, -0.1) is 0 Å². The molecule has 4 heteroatoms. The van der Waals surface area contributed by atoms with Gasteiger partial charge in [0, 0.05) is 19.0 Å². The lowest BCUT2D eigenvalue weighted by Gasteiger charge is -2.23. The maximum absolute atomic E-state index is 10.5. The van der Waals surface area contributed by atoms with Crippen LogP contribution in [0.3, 0.4) is 0 Å². The number of nitrogens with two attached hydrogens (primary N) is 1. The molecule has 0 fully saturated rings. The number of hydrogen-bond donors (Lipinski definition) is 1. The lowest BCUT2D eigenvalue weighted by atomic mass is 10.2. The minimum absolute atomic E-state index is 0.219. The quantitative estimate of drug-likeness (QED) is 0.671. The minimum Gasteiger partial charge on any atom is -0.370 e. The minimum atomic E-state index is -0.219. The van der Waals surface area contributed by atoms with Crippen molar-refractivity contribution in [3.63, 3.8) is 0 Å². The highest BCUT2D eigenvalue weighted by Gasteiger charge is 2.08. The molecule has 0 aliphatic carbocycles. The summed E-state index contributed by atoms with van der Waals surface area (Å²) in [7, 11) is 2.04. The molecule has 2 N–H and O–H groups in total. The lowest BCUT2D eigenvalue weighted by molar-refractivity contribution is -0.118. The predicted octanol–water partition coefficient (Wildman–Crippen LogP) is 0.935. The first-order chi connectivity index (χ1) is 6.07. The molecule has 0 aromatic rings. The molecule has 0 heterocycles. The van der Waals surface area contributed by atoms with Crippen LogP contribution in [0.15, 0.2) is 0 Å². The van der Waals surface area contributed by atoms with E-state index in [0.717, 1.165) is 13.0 Å². The predicted molar refractivity (Wildman–Crippen MR) is 58.9 cm³/mol. The first kappa shape index (κ1) is 12.8. The number of rotatable bonds is 7. The van der Waals surface area contributed by atoms with E-state index in [4.69, 9.17) is 5.73 Å². The van der Waals surface area contributed by atoms with Crippen LogP contribution in [-0.4, -0.2) is 42.4 Å². The highest BCUT2D eigenvalue weighted by atomic mass is 32.2. The third-order valence-corrected chi connectivity index (χ3v) is 2.85. The van der Waals surface area contributed by atoms with Gasteiger partial charge in [0.2, 0.25) is 5.91 Å². The van der Waals surface area contributed by atoms with Gasteiger partial charge in [-0.25, -0.2) is 0 Å². The highest BCUT2D eigenvalue weighted by Crippen LogP contribution is 2.05. The third kappa shape index (κ3) is 6.90. The molecule has 1 unspecified atom stereocenters. The largest absolute Gasteiger partial charge is 0.370 e. The van der Waals surface area contributed by atoms with Crippen LogP contribution >= 0.6 is 11.8 Å². The van der Waals surface area contributed by atoms with Gasteiger partial charge in [-0.3, -0.25) is 4.79 Å².